The van der Waals surface area contributed by atoms with Crippen LogP contribution >= 0.6 is 15.9 Å². The van der Waals surface area contributed by atoms with E-state index in [1.165, 1.54) is 0 Å². The van der Waals surface area contributed by atoms with Gasteiger partial charge in [-0.25, -0.2) is 4.98 Å². The lowest BCUT2D eigenvalue weighted by Gasteiger charge is -2.13. The first kappa shape index (κ1) is 10.0. The molecule has 1 aromatic heterocycles. The minimum absolute atomic E-state index is 0.0692. The van der Waals surface area contributed by atoms with Gasteiger partial charge >= 0.3 is 6.18 Å². The Balaban J connectivity index is 2.49. The van der Waals surface area contributed by atoms with Gasteiger partial charge in [0.25, 0.3) is 0 Å². The molecule has 0 aliphatic carbocycles. The molecule has 0 radical (unpaired) electrons. The average molecular weight is 269 g/mol. The summed E-state index contributed by atoms with van der Waals surface area (Å²) in [5, 5.41) is 0. The number of aromatic nitrogens is 2. The van der Waals surface area contributed by atoms with Gasteiger partial charge in [0, 0.05) is 13.0 Å². The molecule has 78 valence electrons. The van der Waals surface area contributed by atoms with Crippen LogP contribution in [-0.4, -0.2) is 9.55 Å². The van der Waals surface area contributed by atoms with E-state index in [0.717, 1.165) is 12.8 Å². The van der Waals surface area contributed by atoms with Crippen molar-refractivity contribution in [1.82, 2.24) is 9.55 Å². The molecular formula is C8H8BrF3N2. The van der Waals surface area contributed by atoms with E-state index >= 15 is 0 Å². The van der Waals surface area contributed by atoms with Crippen molar-refractivity contribution in [2.75, 3.05) is 0 Å². The summed E-state index contributed by atoms with van der Waals surface area (Å²) in [6, 6.07) is 0. The number of rotatable bonds is 0. The van der Waals surface area contributed by atoms with E-state index in [4.69, 9.17) is 0 Å². The van der Waals surface area contributed by atoms with Crippen LogP contribution in [0.1, 0.15) is 24.4 Å². The number of imidazole rings is 1. The highest BCUT2D eigenvalue weighted by atomic mass is 79.9. The molecule has 14 heavy (non-hydrogen) atoms. The Morgan fingerprint density at radius 2 is 2.00 bits per heavy atom. The zero-order valence-corrected chi connectivity index (χ0v) is 8.82. The van der Waals surface area contributed by atoms with Crippen molar-refractivity contribution in [3.8, 4) is 0 Å². The molecule has 0 fully saturated rings. The van der Waals surface area contributed by atoms with Crippen molar-refractivity contribution in [2.24, 2.45) is 0 Å². The molecule has 2 heterocycles. The maximum Gasteiger partial charge on any atom is 0.436 e. The van der Waals surface area contributed by atoms with Gasteiger partial charge in [-0.15, -0.1) is 0 Å². The van der Waals surface area contributed by atoms with Crippen molar-refractivity contribution in [3.05, 3.63) is 16.1 Å². The summed E-state index contributed by atoms with van der Waals surface area (Å²) in [7, 11) is 0. The number of nitrogens with zero attached hydrogens (tertiary/aromatic N) is 2. The average Bonchev–Trinajstić information content (AvgIpc) is 2.44. The molecular weight excluding hydrogens is 261 g/mol. The van der Waals surface area contributed by atoms with E-state index in [2.05, 4.69) is 20.9 Å². The summed E-state index contributed by atoms with van der Waals surface area (Å²) in [4.78, 5) is 3.61. The number of fused-ring (bicyclic) bond motifs is 1. The Labute approximate surface area is 87.3 Å². The van der Waals surface area contributed by atoms with Gasteiger partial charge in [0.1, 0.15) is 10.4 Å². The summed E-state index contributed by atoms with van der Waals surface area (Å²) in [5.74, 6) is 0.537. The smallest absolute Gasteiger partial charge is 0.322 e. The number of hydrogen-bond donors (Lipinski definition) is 0. The van der Waals surface area contributed by atoms with Crippen LogP contribution in [0.2, 0.25) is 0 Å². The van der Waals surface area contributed by atoms with Gasteiger partial charge in [0.2, 0.25) is 0 Å². The maximum atomic E-state index is 12.4. The third-order valence-electron chi connectivity index (χ3n) is 2.29. The zero-order chi connectivity index (χ0) is 10.3. The van der Waals surface area contributed by atoms with Crippen LogP contribution in [0.15, 0.2) is 4.60 Å². The van der Waals surface area contributed by atoms with Crippen molar-refractivity contribution in [1.29, 1.82) is 0 Å². The third-order valence-corrected chi connectivity index (χ3v) is 3.09. The predicted molar refractivity (Wildman–Crippen MR) is 47.9 cm³/mol. The number of aryl methyl sites for hydroxylation is 1. The highest BCUT2D eigenvalue weighted by Crippen LogP contribution is 2.36. The normalized spacial score (nSPS) is 16.9. The molecule has 0 aromatic carbocycles. The van der Waals surface area contributed by atoms with E-state index in [1.54, 1.807) is 4.57 Å². The minimum atomic E-state index is -4.36. The topological polar surface area (TPSA) is 17.8 Å². The standard InChI is InChI=1S/C8H8BrF3N2/c9-7-6(8(10,11)12)13-5-3-1-2-4-14(5)7/h1-4H2. The summed E-state index contributed by atoms with van der Waals surface area (Å²) >= 11 is 2.95. The molecule has 1 aliphatic heterocycles. The monoisotopic (exact) mass is 268 g/mol. The molecule has 0 saturated carbocycles. The number of halogens is 4. The molecule has 2 rings (SSSR count). The lowest BCUT2D eigenvalue weighted by atomic mass is 10.2. The highest BCUT2D eigenvalue weighted by molar-refractivity contribution is 9.10. The lowest BCUT2D eigenvalue weighted by Crippen LogP contribution is -2.10. The second kappa shape index (κ2) is 3.25. The fourth-order valence-electron chi connectivity index (χ4n) is 1.63. The van der Waals surface area contributed by atoms with Gasteiger partial charge in [-0.1, -0.05) is 0 Å². The first-order valence-corrected chi connectivity index (χ1v) is 5.11. The Bertz CT molecular complexity index is 356. The van der Waals surface area contributed by atoms with Gasteiger partial charge in [0.05, 0.1) is 0 Å². The second-order valence-corrected chi connectivity index (χ2v) is 4.03. The van der Waals surface area contributed by atoms with E-state index in [9.17, 15) is 13.2 Å². The van der Waals surface area contributed by atoms with Crippen molar-refractivity contribution in [3.63, 3.8) is 0 Å². The molecule has 0 saturated heterocycles. The lowest BCUT2D eigenvalue weighted by molar-refractivity contribution is -0.141. The Kier molecular flexibility index (Phi) is 2.33. The summed E-state index contributed by atoms with van der Waals surface area (Å²) < 4.78 is 39.0. The minimum Gasteiger partial charge on any atom is -0.322 e. The predicted octanol–water partition coefficient (Wildman–Crippen LogP) is 3.00. The molecule has 0 atom stereocenters. The van der Waals surface area contributed by atoms with Crippen molar-refractivity contribution < 1.29 is 13.2 Å². The fourth-order valence-corrected chi connectivity index (χ4v) is 2.32. The SMILES string of the molecule is FC(F)(F)c1nc2n(c1Br)CCCC2. The van der Waals surface area contributed by atoms with Crippen molar-refractivity contribution in [2.45, 2.75) is 32.0 Å². The van der Waals surface area contributed by atoms with E-state index < -0.39 is 11.9 Å². The molecule has 0 N–H and O–H groups in total. The van der Waals surface area contributed by atoms with Crippen LogP contribution in [0.25, 0.3) is 0 Å². The molecule has 0 spiro atoms. The van der Waals surface area contributed by atoms with Gasteiger partial charge in [-0.05, 0) is 28.8 Å². The van der Waals surface area contributed by atoms with Crippen molar-refractivity contribution >= 4 is 15.9 Å². The maximum absolute atomic E-state index is 12.4. The summed E-state index contributed by atoms with van der Waals surface area (Å²) in [6.45, 7) is 0.624. The molecule has 0 bridgehead atoms. The molecule has 6 heteroatoms. The Morgan fingerprint density at radius 1 is 1.29 bits per heavy atom. The Morgan fingerprint density at radius 3 is 2.57 bits per heavy atom. The van der Waals surface area contributed by atoms with Gasteiger partial charge in [-0.2, -0.15) is 13.2 Å². The molecule has 2 nitrogen and oxygen atoms in total. The summed E-state index contributed by atoms with van der Waals surface area (Å²) in [6.07, 6.45) is -1.89. The largest absolute Gasteiger partial charge is 0.436 e. The van der Waals surface area contributed by atoms with Gasteiger partial charge in [-0.3, -0.25) is 0 Å². The van der Waals surface area contributed by atoms with Crippen LogP contribution in [0, 0.1) is 0 Å². The quantitative estimate of drug-likeness (QED) is 0.708. The molecule has 0 unspecified atom stereocenters. The molecule has 0 amide bonds. The fraction of sp³-hybridized carbons (Fsp3) is 0.625. The first-order valence-electron chi connectivity index (χ1n) is 4.32. The third kappa shape index (κ3) is 1.55. The van der Waals surface area contributed by atoms with E-state index in [-0.39, 0.29) is 4.60 Å². The van der Waals surface area contributed by atoms with E-state index in [1.807, 2.05) is 0 Å². The van der Waals surface area contributed by atoms with Crippen LogP contribution in [0.3, 0.4) is 0 Å². The van der Waals surface area contributed by atoms with Gasteiger partial charge in [0.15, 0.2) is 5.69 Å². The highest BCUT2D eigenvalue weighted by Gasteiger charge is 2.38. The molecule has 1 aliphatic rings. The number of alkyl halides is 3. The molecule has 1 aromatic rings. The summed E-state index contributed by atoms with van der Waals surface area (Å²) in [5.41, 5.74) is -0.797. The Hall–Kier alpha value is -0.520. The first-order chi connectivity index (χ1) is 6.50. The van der Waals surface area contributed by atoms with Crippen LogP contribution in [0.4, 0.5) is 13.2 Å². The number of hydrogen-bond acceptors (Lipinski definition) is 1. The zero-order valence-electron chi connectivity index (χ0n) is 7.23. The van der Waals surface area contributed by atoms with Gasteiger partial charge < -0.3 is 4.57 Å². The van der Waals surface area contributed by atoms with Crippen LogP contribution in [-0.2, 0) is 19.1 Å². The van der Waals surface area contributed by atoms with E-state index in [0.29, 0.717) is 18.8 Å². The van der Waals surface area contributed by atoms with Crippen LogP contribution < -0.4 is 0 Å². The second-order valence-electron chi connectivity index (χ2n) is 3.27. The van der Waals surface area contributed by atoms with Crippen LogP contribution in [0.5, 0.6) is 0 Å².